The molecule has 0 aliphatic heterocycles. The normalized spacial score (nSPS) is 0. The van der Waals surface area contributed by atoms with Gasteiger partial charge < -0.3 is 0 Å². The Labute approximate surface area is 76.5 Å². The Balaban J connectivity index is 0. The maximum Gasteiger partial charge on any atom is 0 e. The van der Waals surface area contributed by atoms with Crippen LogP contribution in [0.4, 0.5) is 0 Å². The molecule has 0 bridgehead atoms. The van der Waals surface area contributed by atoms with Crippen molar-refractivity contribution in [3.8, 4) is 0 Å². The second-order valence-corrected chi connectivity index (χ2v) is 0. The molecule has 4 heavy (non-hydrogen) atoms. The summed E-state index contributed by atoms with van der Waals surface area (Å²) >= 11 is 0. The molecule has 0 heterocycles. The number of rotatable bonds is 0. The molecule has 0 aliphatic rings. The molecule has 0 aliphatic carbocycles. The molecule has 0 saturated carbocycles. The first-order valence-electron chi connectivity index (χ1n) is 0. The van der Waals surface area contributed by atoms with Crippen molar-refractivity contribution in [2.45, 2.75) is 0 Å². The smallest absolute Gasteiger partial charge is 0 e. The van der Waals surface area contributed by atoms with Crippen LogP contribution < -0.4 is 0 Å². The van der Waals surface area contributed by atoms with E-state index in [1.807, 2.05) is 0 Å². The van der Waals surface area contributed by atoms with E-state index in [1.165, 1.54) is 0 Å². The first-order chi connectivity index (χ1) is 0. The van der Waals surface area contributed by atoms with Crippen molar-refractivity contribution < 1.29 is 0 Å². The minimum atomic E-state index is 0. The van der Waals surface area contributed by atoms with Gasteiger partial charge in [-0.3, -0.25) is 0 Å². The largest absolute Gasteiger partial charge is 0.153 e. The summed E-state index contributed by atoms with van der Waals surface area (Å²) in [6.07, 6.45) is 0. The van der Waals surface area contributed by atoms with Gasteiger partial charge in [-0.2, -0.15) is 9.90 Å². The van der Waals surface area contributed by atoms with Gasteiger partial charge >= 0.3 is 0 Å². The van der Waals surface area contributed by atoms with E-state index >= 15 is 0 Å². The SMILES string of the molecule is P.[Al].[In].[Sb]. The van der Waals surface area contributed by atoms with Gasteiger partial charge in [0, 0.05) is 67.6 Å². The van der Waals surface area contributed by atoms with Crippen LogP contribution in [0.15, 0.2) is 0 Å². The summed E-state index contributed by atoms with van der Waals surface area (Å²) in [7, 11) is 0. The molecule has 0 spiro atoms. The van der Waals surface area contributed by atoms with Crippen LogP contribution in [-0.4, -0.2) is 67.6 Å². The second kappa shape index (κ2) is 17.4. The molecule has 9 radical (unpaired) electrons. The van der Waals surface area contributed by atoms with E-state index in [0.717, 1.165) is 0 Å². The minimum Gasteiger partial charge on any atom is -0.153 e. The predicted octanol–water partition coefficient (Wildman–Crippen LogP) is -1.08. The number of hydrogen-bond acceptors (Lipinski definition) is 0. The van der Waals surface area contributed by atoms with Crippen molar-refractivity contribution in [2.24, 2.45) is 0 Å². The zero-order chi connectivity index (χ0) is 0. The fourth-order valence-electron chi connectivity index (χ4n) is 0. The molecule has 0 aromatic heterocycles. The Kier molecular flexibility index (Phi) is 131. The van der Waals surface area contributed by atoms with Gasteiger partial charge in [-0.05, 0) is 0 Å². The Morgan fingerprint density at radius 1 is 1.00 bits per heavy atom. The van der Waals surface area contributed by atoms with Gasteiger partial charge in [0.1, 0.15) is 0 Å². The van der Waals surface area contributed by atoms with Crippen molar-refractivity contribution in [3.63, 3.8) is 0 Å². The van der Waals surface area contributed by atoms with Gasteiger partial charge in [0.15, 0.2) is 0 Å². The second-order valence-electron chi connectivity index (χ2n) is 0. The molecule has 0 aromatic rings. The number of hydrogen-bond donors (Lipinski definition) is 0. The first kappa shape index (κ1) is 30.2. The maximum absolute atomic E-state index is 0. The van der Waals surface area contributed by atoms with Crippen molar-refractivity contribution in [1.82, 2.24) is 0 Å². The van der Waals surface area contributed by atoms with Crippen LogP contribution in [0, 0.1) is 0 Å². The quantitative estimate of drug-likeness (QED) is 0.394. The molecule has 4 heteroatoms. The van der Waals surface area contributed by atoms with Crippen LogP contribution in [0.1, 0.15) is 0 Å². The van der Waals surface area contributed by atoms with Crippen molar-refractivity contribution in [2.75, 3.05) is 0 Å². The van der Waals surface area contributed by atoms with Crippen LogP contribution in [0.2, 0.25) is 0 Å². The summed E-state index contributed by atoms with van der Waals surface area (Å²) < 4.78 is 0. The summed E-state index contributed by atoms with van der Waals surface area (Å²) in [5.41, 5.74) is 0. The summed E-state index contributed by atoms with van der Waals surface area (Å²) in [5, 5.41) is 0. The summed E-state index contributed by atoms with van der Waals surface area (Å²) in [6, 6.07) is 0. The van der Waals surface area contributed by atoms with Crippen molar-refractivity contribution in [1.29, 1.82) is 0 Å². The third-order valence-corrected chi connectivity index (χ3v) is 0. The van der Waals surface area contributed by atoms with Crippen molar-refractivity contribution >= 4 is 77.5 Å². The van der Waals surface area contributed by atoms with Gasteiger partial charge in [-0.25, -0.2) is 0 Å². The molecule has 0 rings (SSSR count). The molecule has 0 nitrogen and oxygen atoms in total. The van der Waals surface area contributed by atoms with Crippen LogP contribution >= 0.6 is 9.90 Å². The fraction of sp³-hybridized carbons (Fsp3) is 0. The average Bonchev–Trinajstić information content (AvgIpc) is 0. The molecule has 1 unspecified atom stereocenters. The zero-order valence-corrected chi connectivity index (χ0v) is 10.7. The Morgan fingerprint density at radius 3 is 1.00 bits per heavy atom. The van der Waals surface area contributed by atoms with Gasteiger partial charge in [0.05, 0.1) is 0 Å². The Bertz CT molecular complexity index is 8.00. The van der Waals surface area contributed by atoms with E-state index in [0.29, 0.717) is 0 Å². The van der Waals surface area contributed by atoms with E-state index < -0.39 is 0 Å². The molecule has 0 amide bonds. The molecular weight excluding hydrogens is 295 g/mol. The predicted molar refractivity (Wildman–Crippen MR) is 28.4 cm³/mol. The topological polar surface area (TPSA) is 0 Å². The van der Waals surface area contributed by atoms with Gasteiger partial charge in [0.25, 0.3) is 0 Å². The summed E-state index contributed by atoms with van der Waals surface area (Å²) in [5.74, 6) is 0. The molecular formula is H3AlInPSb. The molecule has 0 aromatic carbocycles. The van der Waals surface area contributed by atoms with Crippen LogP contribution in [0.3, 0.4) is 0 Å². The Morgan fingerprint density at radius 2 is 1.00 bits per heavy atom. The molecule has 0 N–H and O–H groups in total. The third kappa shape index (κ3) is 8.82. The molecule has 0 saturated heterocycles. The third-order valence-electron chi connectivity index (χ3n) is 0. The molecule has 0 fully saturated rings. The fourth-order valence-corrected chi connectivity index (χ4v) is 0. The monoisotopic (exact) mass is 297 g/mol. The Hall–Kier alpha value is 2.65. The maximum atomic E-state index is 0. The van der Waals surface area contributed by atoms with Gasteiger partial charge in [-0.15, -0.1) is 0 Å². The standard InChI is InChI=1S/Al.In.H3P.Sb/h;;1H3;. The van der Waals surface area contributed by atoms with E-state index in [4.69, 9.17) is 0 Å². The van der Waals surface area contributed by atoms with E-state index in [9.17, 15) is 0 Å². The molecule has 1 atom stereocenters. The summed E-state index contributed by atoms with van der Waals surface area (Å²) in [4.78, 5) is 0. The van der Waals surface area contributed by atoms with E-state index in [-0.39, 0.29) is 77.5 Å². The van der Waals surface area contributed by atoms with Crippen molar-refractivity contribution in [3.05, 3.63) is 0 Å². The average molecular weight is 298 g/mol. The first-order valence-corrected chi connectivity index (χ1v) is 0. The van der Waals surface area contributed by atoms with Crippen LogP contribution in [0.5, 0.6) is 0 Å². The minimum absolute atomic E-state index is 0. The molecule has 19 valence electrons. The van der Waals surface area contributed by atoms with Crippen LogP contribution in [-0.2, 0) is 0 Å². The van der Waals surface area contributed by atoms with E-state index in [1.54, 1.807) is 0 Å². The van der Waals surface area contributed by atoms with E-state index in [2.05, 4.69) is 0 Å². The zero-order valence-electron chi connectivity index (χ0n) is 2.31. The van der Waals surface area contributed by atoms with Crippen LogP contribution in [0.25, 0.3) is 0 Å². The van der Waals surface area contributed by atoms with Gasteiger partial charge in [0.2, 0.25) is 0 Å². The van der Waals surface area contributed by atoms with Gasteiger partial charge in [-0.1, -0.05) is 0 Å². The summed E-state index contributed by atoms with van der Waals surface area (Å²) in [6.45, 7) is 0.